The van der Waals surface area contributed by atoms with Gasteiger partial charge in [0.25, 0.3) is 0 Å². The van der Waals surface area contributed by atoms with E-state index in [1.165, 1.54) is 5.56 Å². The number of nitrogens with zero attached hydrogens (tertiary/aromatic N) is 4. The molecule has 5 heteroatoms. The molecule has 0 unspecified atom stereocenters. The lowest BCUT2D eigenvalue weighted by Gasteiger charge is -2.11. The minimum absolute atomic E-state index is 0.556. The molecule has 7 aromatic carbocycles. The molecular weight excluding hydrogens is 613 g/mol. The van der Waals surface area contributed by atoms with Gasteiger partial charge in [0, 0.05) is 38.2 Å². The van der Waals surface area contributed by atoms with E-state index < -0.39 is 0 Å². The molecule has 0 bridgehead atoms. The fourth-order valence-corrected chi connectivity index (χ4v) is 7.27. The molecule has 0 radical (unpaired) electrons. The highest BCUT2D eigenvalue weighted by atomic mass is 16.3. The quantitative estimate of drug-likeness (QED) is 0.188. The lowest BCUT2D eigenvalue weighted by atomic mass is 9.99. The number of hydrogen-bond acceptors (Lipinski definition) is 4. The second kappa shape index (κ2) is 11.4. The van der Waals surface area contributed by atoms with E-state index in [1.807, 2.05) is 48.5 Å². The molecule has 0 N–H and O–H groups in total. The first kappa shape index (κ1) is 28.2. The zero-order chi connectivity index (χ0) is 33.0. The van der Waals surface area contributed by atoms with Crippen LogP contribution in [0.4, 0.5) is 0 Å². The largest absolute Gasteiger partial charge is 0.455 e. The molecule has 0 saturated heterocycles. The number of aromatic nitrogens is 4. The van der Waals surface area contributed by atoms with Crippen LogP contribution >= 0.6 is 0 Å². The van der Waals surface area contributed by atoms with Crippen LogP contribution in [0.25, 0.3) is 94.7 Å². The average Bonchev–Trinajstić information content (AvgIpc) is 3.75. The average molecular weight is 641 g/mol. The third-order valence-corrected chi connectivity index (χ3v) is 9.49. The van der Waals surface area contributed by atoms with Gasteiger partial charge in [0.05, 0.1) is 11.0 Å². The highest BCUT2D eigenvalue weighted by Crippen LogP contribution is 2.41. The number of para-hydroxylation sites is 2. The maximum absolute atomic E-state index is 6.61. The van der Waals surface area contributed by atoms with Gasteiger partial charge in [-0.1, -0.05) is 152 Å². The Balaban J connectivity index is 1.27. The second-order valence-electron chi connectivity index (χ2n) is 12.4. The summed E-state index contributed by atoms with van der Waals surface area (Å²) in [4.78, 5) is 15.6. The lowest BCUT2D eigenvalue weighted by Crippen LogP contribution is -2.06. The van der Waals surface area contributed by atoms with Crippen molar-refractivity contribution in [2.45, 2.75) is 0 Å². The summed E-state index contributed by atoms with van der Waals surface area (Å²) in [6.45, 7) is 0. The highest BCUT2D eigenvalue weighted by Gasteiger charge is 2.22. The second-order valence-corrected chi connectivity index (χ2v) is 12.4. The summed E-state index contributed by atoms with van der Waals surface area (Å²) >= 11 is 0. The van der Waals surface area contributed by atoms with Crippen molar-refractivity contribution in [3.63, 3.8) is 0 Å². The molecule has 3 heterocycles. The molecule has 0 saturated carbocycles. The van der Waals surface area contributed by atoms with E-state index in [1.54, 1.807) is 0 Å². The van der Waals surface area contributed by atoms with Crippen LogP contribution in [0.15, 0.2) is 174 Å². The summed E-state index contributed by atoms with van der Waals surface area (Å²) in [7, 11) is 0. The molecule has 0 aliphatic rings. The molecular formula is C45H28N4O. The summed E-state index contributed by atoms with van der Waals surface area (Å²) < 4.78 is 8.79. The van der Waals surface area contributed by atoms with Crippen molar-refractivity contribution in [1.29, 1.82) is 0 Å². The van der Waals surface area contributed by atoms with Crippen molar-refractivity contribution in [2.24, 2.45) is 0 Å². The molecule has 0 amide bonds. The fourth-order valence-electron chi connectivity index (χ4n) is 7.27. The Labute approximate surface area is 287 Å². The van der Waals surface area contributed by atoms with Gasteiger partial charge in [0.1, 0.15) is 11.2 Å². The van der Waals surface area contributed by atoms with Crippen molar-refractivity contribution < 1.29 is 4.42 Å². The summed E-state index contributed by atoms with van der Waals surface area (Å²) in [6, 6.07) is 58.4. The molecule has 0 atom stereocenters. The molecule has 10 aromatic rings. The van der Waals surface area contributed by atoms with E-state index in [0.717, 1.165) is 71.6 Å². The van der Waals surface area contributed by atoms with Crippen LogP contribution < -0.4 is 0 Å². The Bertz CT molecular complexity index is 2860. The predicted molar refractivity (Wildman–Crippen MR) is 203 cm³/mol. The summed E-state index contributed by atoms with van der Waals surface area (Å²) in [5.41, 5.74) is 9.97. The van der Waals surface area contributed by atoms with Crippen molar-refractivity contribution in [3.05, 3.63) is 170 Å². The minimum Gasteiger partial charge on any atom is -0.455 e. The molecule has 0 fully saturated rings. The fraction of sp³-hybridized carbons (Fsp3) is 0. The number of hydrogen-bond donors (Lipinski definition) is 0. The molecule has 234 valence electrons. The van der Waals surface area contributed by atoms with E-state index in [0.29, 0.717) is 17.6 Å². The maximum atomic E-state index is 6.61. The maximum Gasteiger partial charge on any atom is 0.238 e. The van der Waals surface area contributed by atoms with Gasteiger partial charge in [-0.3, -0.25) is 4.57 Å². The SMILES string of the molecule is c1ccc(-c2nc(-c3cccc4oc5c(-c6ccccc6)cccc5c34)nc(-n3c4ccccc4c4c(-c5ccccc5)cccc43)n2)cc1. The number of benzene rings is 7. The van der Waals surface area contributed by atoms with Gasteiger partial charge in [0.15, 0.2) is 11.6 Å². The van der Waals surface area contributed by atoms with Crippen molar-refractivity contribution in [3.8, 4) is 51.0 Å². The van der Waals surface area contributed by atoms with Gasteiger partial charge in [-0.25, -0.2) is 4.98 Å². The van der Waals surface area contributed by atoms with Gasteiger partial charge in [-0.15, -0.1) is 0 Å². The van der Waals surface area contributed by atoms with Gasteiger partial charge in [0.2, 0.25) is 5.95 Å². The topological polar surface area (TPSA) is 56.7 Å². The molecule has 5 nitrogen and oxygen atoms in total. The molecule has 0 aliphatic heterocycles. The van der Waals surface area contributed by atoms with Crippen molar-refractivity contribution >= 4 is 43.7 Å². The number of fused-ring (bicyclic) bond motifs is 6. The zero-order valence-electron chi connectivity index (χ0n) is 26.9. The molecule has 0 aliphatic carbocycles. The molecule has 10 rings (SSSR count). The van der Waals surface area contributed by atoms with Gasteiger partial charge >= 0.3 is 0 Å². The van der Waals surface area contributed by atoms with Crippen molar-refractivity contribution in [1.82, 2.24) is 19.5 Å². The van der Waals surface area contributed by atoms with E-state index in [9.17, 15) is 0 Å². The first-order valence-corrected chi connectivity index (χ1v) is 16.7. The smallest absolute Gasteiger partial charge is 0.238 e. The van der Waals surface area contributed by atoms with E-state index in [4.69, 9.17) is 19.4 Å². The summed E-state index contributed by atoms with van der Waals surface area (Å²) in [5.74, 6) is 1.74. The lowest BCUT2D eigenvalue weighted by molar-refractivity contribution is 0.670. The van der Waals surface area contributed by atoms with Crippen LogP contribution in [0.1, 0.15) is 0 Å². The monoisotopic (exact) mass is 640 g/mol. The van der Waals surface area contributed by atoms with E-state index >= 15 is 0 Å². The summed E-state index contributed by atoms with van der Waals surface area (Å²) in [5, 5.41) is 4.30. The zero-order valence-corrected chi connectivity index (χ0v) is 26.9. The third-order valence-electron chi connectivity index (χ3n) is 9.49. The molecule has 50 heavy (non-hydrogen) atoms. The predicted octanol–water partition coefficient (Wildman–Crippen LogP) is 11.5. The Hall–Kier alpha value is -6.85. The van der Waals surface area contributed by atoms with Crippen LogP contribution in [-0.4, -0.2) is 19.5 Å². The molecule has 3 aromatic heterocycles. The van der Waals surface area contributed by atoms with E-state index in [2.05, 4.69) is 126 Å². The van der Waals surface area contributed by atoms with Crippen LogP contribution in [0.3, 0.4) is 0 Å². The van der Waals surface area contributed by atoms with Gasteiger partial charge in [-0.2, -0.15) is 9.97 Å². The normalized spacial score (nSPS) is 11.6. The van der Waals surface area contributed by atoms with Crippen molar-refractivity contribution in [2.75, 3.05) is 0 Å². The van der Waals surface area contributed by atoms with E-state index in [-0.39, 0.29) is 0 Å². The van der Waals surface area contributed by atoms with Crippen LogP contribution in [0.2, 0.25) is 0 Å². The Kier molecular flexibility index (Phi) is 6.42. The van der Waals surface area contributed by atoms with Crippen LogP contribution in [0, 0.1) is 0 Å². The first-order chi connectivity index (χ1) is 24.8. The Morgan fingerprint density at radius 3 is 1.72 bits per heavy atom. The van der Waals surface area contributed by atoms with Gasteiger partial charge in [-0.05, 0) is 34.9 Å². The van der Waals surface area contributed by atoms with Crippen LogP contribution in [-0.2, 0) is 0 Å². The van der Waals surface area contributed by atoms with Crippen LogP contribution in [0.5, 0.6) is 0 Å². The summed E-state index contributed by atoms with van der Waals surface area (Å²) in [6.07, 6.45) is 0. The highest BCUT2D eigenvalue weighted by molar-refractivity contribution is 6.16. The minimum atomic E-state index is 0.556. The third kappa shape index (κ3) is 4.45. The Morgan fingerprint density at radius 1 is 0.380 bits per heavy atom. The number of furan rings is 1. The molecule has 0 spiro atoms. The standard InChI is InChI=1S/C45H28N4O/c1-4-15-29(16-5-1)32-22-13-27-38-40(32)34-21-10-11-26-37(34)49(38)45-47-43(31-19-8-3-9-20-31)46-44(48-45)36-25-14-28-39-41(36)35-24-12-23-33(42(35)50-39)30-17-6-2-7-18-30/h1-28H. The van der Waals surface area contributed by atoms with Gasteiger partial charge < -0.3 is 4.42 Å². The number of rotatable bonds is 5. The first-order valence-electron chi connectivity index (χ1n) is 16.7. The Morgan fingerprint density at radius 2 is 0.940 bits per heavy atom.